The fourth-order valence-electron chi connectivity index (χ4n) is 2.89. The van der Waals surface area contributed by atoms with Crippen molar-refractivity contribution >= 4 is 5.69 Å². The maximum Gasteiger partial charge on any atom is 0.182 e. The predicted molar refractivity (Wildman–Crippen MR) is 77.8 cm³/mol. The molecule has 1 aliphatic carbocycles. The van der Waals surface area contributed by atoms with Crippen molar-refractivity contribution in [2.75, 3.05) is 32.6 Å². The van der Waals surface area contributed by atoms with Crippen LogP contribution in [-0.4, -0.2) is 38.1 Å². The van der Waals surface area contributed by atoms with Gasteiger partial charge in [0.25, 0.3) is 0 Å². The number of nitrogens with zero attached hydrogens (tertiary/aromatic N) is 2. The van der Waals surface area contributed by atoms with E-state index in [0.717, 1.165) is 12.8 Å². The molecule has 0 amide bonds. The number of hydrogen-bond acceptors (Lipinski definition) is 3. The second-order valence-electron chi connectivity index (χ2n) is 5.90. The third-order valence-corrected chi connectivity index (χ3v) is 4.54. The molecule has 1 aliphatic rings. The van der Waals surface area contributed by atoms with Crippen molar-refractivity contribution in [1.29, 1.82) is 0 Å². The fourth-order valence-corrected chi connectivity index (χ4v) is 2.89. The lowest BCUT2D eigenvalue weighted by Crippen LogP contribution is -2.56. The highest BCUT2D eigenvalue weighted by Gasteiger charge is 2.40. The van der Waals surface area contributed by atoms with E-state index < -0.39 is 11.6 Å². The van der Waals surface area contributed by atoms with Crippen LogP contribution in [-0.2, 0) is 6.54 Å². The quantitative estimate of drug-likeness (QED) is 0.900. The van der Waals surface area contributed by atoms with Crippen molar-refractivity contribution in [1.82, 2.24) is 4.90 Å². The number of halogens is 2. The number of benzene rings is 1. The minimum atomic E-state index is -0.829. The molecular formula is C15H23F2N3. The van der Waals surface area contributed by atoms with Crippen molar-refractivity contribution < 1.29 is 8.78 Å². The molecule has 1 aromatic carbocycles. The monoisotopic (exact) mass is 283 g/mol. The maximum atomic E-state index is 14.1. The van der Waals surface area contributed by atoms with Gasteiger partial charge in [-0.1, -0.05) is 6.07 Å². The van der Waals surface area contributed by atoms with Crippen molar-refractivity contribution in [3.63, 3.8) is 0 Å². The first kappa shape index (κ1) is 15.2. The molecule has 0 atom stereocenters. The molecule has 20 heavy (non-hydrogen) atoms. The van der Waals surface area contributed by atoms with Gasteiger partial charge in [-0.15, -0.1) is 0 Å². The molecule has 0 radical (unpaired) electrons. The number of hydrogen-bond donors (Lipinski definition) is 1. The van der Waals surface area contributed by atoms with Gasteiger partial charge in [0.2, 0.25) is 0 Å². The molecule has 0 spiro atoms. The molecule has 0 aromatic heterocycles. The normalized spacial score (nSPS) is 17.1. The summed E-state index contributed by atoms with van der Waals surface area (Å²) in [6, 6.07) is 3.18. The third kappa shape index (κ3) is 2.52. The zero-order chi connectivity index (χ0) is 14.9. The molecule has 2 rings (SSSR count). The molecule has 1 fully saturated rings. The van der Waals surface area contributed by atoms with Gasteiger partial charge in [0.05, 0.1) is 5.69 Å². The highest BCUT2D eigenvalue weighted by atomic mass is 19.2. The highest BCUT2D eigenvalue weighted by Crippen LogP contribution is 2.38. The Kier molecular flexibility index (Phi) is 4.30. The van der Waals surface area contributed by atoms with Crippen LogP contribution in [0.15, 0.2) is 12.1 Å². The van der Waals surface area contributed by atoms with Crippen molar-refractivity contribution in [3.8, 4) is 0 Å². The number of nitrogens with two attached hydrogens (primary N) is 1. The second-order valence-corrected chi connectivity index (χ2v) is 5.90. The van der Waals surface area contributed by atoms with Crippen LogP contribution in [0.2, 0.25) is 0 Å². The summed E-state index contributed by atoms with van der Waals surface area (Å²) in [5.41, 5.74) is 5.98. The topological polar surface area (TPSA) is 32.5 Å². The molecule has 0 aliphatic heterocycles. The van der Waals surface area contributed by atoms with E-state index in [0.29, 0.717) is 12.2 Å². The van der Waals surface area contributed by atoms with Crippen molar-refractivity contribution in [3.05, 3.63) is 29.3 Å². The van der Waals surface area contributed by atoms with Crippen molar-refractivity contribution in [2.45, 2.75) is 31.3 Å². The molecule has 112 valence electrons. The van der Waals surface area contributed by atoms with Crippen LogP contribution < -0.4 is 10.6 Å². The second kappa shape index (κ2) is 5.66. The Morgan fingerprint density at radius 2 is 1.80 bits per heavy atom. The van der Waals surface area contributed by atoms with Crippen LogP contribution >= 0.6 is 0 Å². The van der Waals surface area contributed by atoms with E-state index in [1.807, 2.05) is 21.1 Å². The van der Waals surface area contributed by atoms with Gasteiger partial charge < -0.3 is 15.5 Å². The van der Waals surface area contributed by atoms with Gasteiger partial charge in [-0.05, 0) is 39.4 Å². The number of anilines is 1. The minimum absolute atomic E-state index is 0.00832. The summed E-state index contributed by atoms with van der Waals surface area (Å²) in [4.78, 5) is 3.99. The summed E-state index contributed by atoms with van der Waals surface area (Å²) in [6.45, 7) is 0.701. The van der Waals surface area contributed by atoms with Gasteiger partial charge in [-0.25, -0.2) is 8.78 Å². The van der Waals surface area contributed by atoms with Crippen LogP contribution in [0.4, 0.5) is 14.5 Å². The Balaban J connectivity index is 2.21. The molecule has 5 heteroatoms. The van der Waals surface area contributed by atoms with E-state index in [9.17, 15) is 8.78 Å². The fraction of sp³-hybridized carbons (Fsp3) is 0.600. The molecule has 0 heterocycles. The molecule has 0 unspecified atom stereocenters. The lowest BCUT2D eigenvalue weighted by molar-refractivity contribution is 0.0682. The van der Waals surface area contributed by atoms with Crippen LogP contribution in [0.1, 0.15) is 24.8 Å². The van der Waals surface area contributed by atoms with E-state index in [-0.39, 0.29) is 17.6 Å². The number of rotatable bonds is 5. The van der Waals surface area contributed by atoms with Crippen LogP contribution in [0.3, 0.4) is 0 Å². The standard InChI is InChI=1S/C15H23F2N3/c1-19(2)15(7-4-8-15)10-20(3)12-6-5-11(9-18)13(16)14(12)17/h5-6H,4,7-10,18H2,1-3H3. The van der Waals surface area contributed by atoms with Crippen LogP contribution in [0.5, 0.6) is 0 Å². The summed E-state index contributed by atoms with van der Waals surface area (Å²) in [7, 11) is 5.90. The summed E-state index contributed by atoms with van der Waals surface area (Å²) in [5, 5.41) is 0. The van der Waals surface area contributed by atoms with E-state index >= 15 is 0 Å². The van der Waals surface area contributed by atoms with Gasteiger partial charge in [0.15, 0.2) is 11.6 Å². The molecule has 0 bridgehead atoms. The third-order valence-electron chi connectivity index (χ3n) is 4.54. The summed E-state index contributed by atoms with van der Waals surface area (Å²) in [6.07, 6.45) is 3.37. The largest absolute Gasteiger partial charge is 0.370 e. The van der Waals surface area contributed by atoms with E-state index in [2.05, 4.69) is 4.90 Å². The molecule has 2 N–H and O–H groups in total. The molecule has 3 nitrogen and oxygen atoms in total. The Hall–Kier alpha value is -1.20. The van der Waals surface area contributed by atoms with Gasteiger partial charge in [-0.2, -0.15) is 0 Å². The van der Waals surface area contributed by atoms with Crippen molar-refractivity contribution in [2.24, 2.45) is 5.73 Å². The van der Waals surface area contributed by atoms with Gasteiger partial charge >= 0.3 is 0 Å². The Morgan fingerprint density at radius 1 is 1.15 bits per heavy atom. The first-order valence-corrected chi connectivity index (χ1v) is 6.97. The smallest absolute Gasteiger partial charge is 0.182 e. The van der Waals surface area contributed by atoms with Gasteiger partial charge in [0.1, 0.15) is 0 Å². The van der Waals surface area contributed by atoms with E-state index in [1.54, 1.807) is 17.0 Å². The van der Waals surface area contributed by atoms with E-state index in [1.165, 1.54) is 6.42 Å². The minimum Gasteiger partial charge on any atom is -0.370 e. The van der Waals surface area contributed by atoms with Crippen LogP contribution in [0, 0.1) is 11.6 Å². The Bertz CT molecular complexity index is 484. The predicted octanol–water partition coefficient (Wildman–Crippen LogP) is 2.34. The SMILES string of the molecule is CN(CC1(N(C)C)CCC1)c1ccc(CN)c(F)c1F. The average molecular weight is 283 g/mol. The summed E-state index contributed by atoms with van der Waals surface area (Å²) in [5.74, 6) is -1.63. The zero-order valence-electron chi connectivity index (χ0n) is 12.4. The molecular weight excluding hydrogens is 260 g/mol. The Labute approximate surface area is 119 Å². The highest BCUT2D eigenvalue weighted by molar-refractivity contribution is 5.49. The first-order chi connectivity index (χ1) is 9.41. The van der Waals surface area contributed by atoms with E-state index in [4.69, 9.17) is 5.73 Å². The first-order valence-electron chi connectivity index (χ1n) is 6.97. The lowest BCUT2D eigenvalue weighted by atomic mass is 9.75. The van der Waals surface area contributed by atoms with Crippen LogP contribution in [0.25, 0.3) is 0 Å². The summed E-state index contributed by atoms with van der Waals surface area (Å²) < 4.78 is 27.9. The maximum absolute atomic E-state index is 14.1. The van der Waals surface area contributed by atoms with Gasteiger partial charge in [0, 0.05) is 31.2 Å². The summed E-state index contributed by atoms with van der Waals surface area (Å²) >= 11 is 0. The zero-order valence-corrected chi connectivity index (χ0v) is 12.4. The lowest BCUT2D eigenvalue weighted by Gasteiger charge is -2.49. The van der Waals surface area contributed by atoms with Gasteiger partial charge in [-0.3, -0.25) is 0 Å². The molecule has 0 saturated heterocycles. The molecule has 1 aromatic rings. The average Bonchev–Trinajstić information content (AvgIpc) is 2.36. The number of likely N-dealkylation sites (N-methyl/N-ethyl adjacent to an activating group) is 2. The molecule has 1 saturated carbocycles. The Morgan fingerprint density at radius 3 is 2.25 bits per heavy atom.